The Balaban J connectivity index is 0.000000552. The molecule has 0 radical (unpaired) electrons. The number of nitrogens with zero attached hydrogens (tertiary/aromatic N) is 2. The Morgan fingerprint density at radius 1 is 0.440 bits per heavy atom. The van der Waals surface area contributed by atoms with Crippen molar-refractivity contribution in [3.05, 3.63) is 231 Å². The van der Waals surface area contributed by atoms with Crippen LogP contribution in [0, 0.1) is 49.4 Å². The van der Waals surface area contributed by atoms with Gasteiger partial charge in [0.2, 0.25) is 0 Å². The standard InChI is InChI=1S/C10H11F3.2C10H14.C9H11Cl.C9H12.C8H15F.C8H17N.C8H11N.C7H10O.C7H14.C6H12/c1-7(2)8-3-5-9(6-4-8)10(11,12)13;1-8(2)10-6-4-9(3)5-7-10;1-8(2)10-6-4-5-9(3)7-10;1-7(2)8-5-3-4-6-9(8)10;1-8(2)9-6-4-3-5-7-9;1-6(2)7-4-8(3,9)5-7;1-8(2)9-6-4-3-5-7-9;1-7(2)8-5-3-4-6-9-8;1-6(2)7-4-3-5-8-7;1-6(2)7-4-3-5-7;1-5(2)6-3-4-6/h3-7H,1-2H3;2*4-8H,1-3H3;3-7H,1-2H3;3-8H,1-2H3;6-7H,4-5H2,1-3H3;8H,3-7H2,1-2H3;3-7H,1-2H3;3-6H,1-2H3;6-7H,3-5H2,1-2H3;5-6H,3-4H2,1-2H3. The molecule has 3 nitrogen and oxygen atoms in total. The summed E-state index contributed by atoms with van der Waals surface area (Å²) < 4.78 is 54.3. The lowest BCUT2D eigenvalue weighted by molar-refractivity contribution is -0.137. The van der Waals surface area contributed by atoms with Gasteiger partial charge in [0, 0.05) is 28.9 Å². The summed E-state index contributed by atoms with van der Waals surface area (Å²) in [5, 5.41) is 0.873. The van der Waals surface area contributed by atoms with Crippen molar-refractivity contribution in [2.24, 2.45) is 35.5 Å². The summed E-state index contributed by atoms with van der Waals surface area (Å²) >= 11 is 5.92. The molecule has 1 saturated heterocycles. The summed E-state index contributed by atoms with van der Waals surface area (Å²) in [7, 11) is 0. The number of piperidine rings is 1. The molecule has 100 heavy (non-hydrogen) atoms. The smallest absolute Gasteiger partial charge is 0.416 e. The highest BCUT2D eigenvalue weighted by Crippen LogP contribution is 2.44. The van der Waals surface area contributed by atoms with Crippen LogP contribution in [0.25, 0.3) is 0 Å². The molecule has 0 spiro atoms. The SMILES string of the molecule is CC(C)C1CC(C)(F)C1.CC(C)C1CC1.CC(C)C1CCC1.CC(C)N1CCCCC1.CC(C)c1ccc(C(F)(F)F)cc1.CC(C)c1ccccc1.CC(C)c1ccccc1Cl.CC(C)c1ccccn1.CC(C)c1ccco1.Cc1ccc(C(C)C)cc1.Cc1cccc(C(C)C)c1. The van der Waals surface area contributed by atoms with Gasteiger partial charge in [0.05, 0.1) is 11.8 Å². The highest BCUT2D eigenvalue weighted by atomic mass is 35.5. The molecule has 0 bridgehead atoms. The predicted molar refractivity (Wildman–Crippen MR) is 431 cm³/mol. The van der Waals surface area contributed by atoms with Gasteiger partial charge in [0.25, 0.3) is 0 Å². The number of rotatable bonds is 11. The van der Waals surface area contributed by atoms with Crippen LogP contribution in [-0.4, -0.2) is 34.7 Å². The van der Waals surface area contributed by atoms with Gasteiger partial charge in [-0.2, -0.15) is 13.2 Å². The maximum atomic E-state index is 12.8. The molecular weight excluding hydrogens is 1260 g/mol. The van der Waals surface area contributed by atoms with Gasteiger partial charge in [-0.25, -0.2) is 4.39 Å². The lowest BCUT2D eigenvalue weighted by atomic mass is 9.68. The molecule has 8 heteroatoms. The monoisotopic (exact) mass is 1400 g/mol. The zero-order valence-electron chi connectivity index (χ0n) is 67.4. The maximum Gasteiger partial charge on any atom is 0.416 e. The van der Waals surface area contributed by atoms with Crippen molar-refractivity contribution in [3.63, 3.8) is 0 Å². The van der Waals surface area contributed by atoms with Gasteiger partial charge in [0.1, 0.15) is 11.4 Å². The highest BCUT2D eigenvalue weighted by Gasteiger charge is 2.41. The lowest BCUT2D eigenvalue weighted by Crippen LogP contribution is -2.39. The van der Waals surface area contributed by atoms with E-state index in [1.54, 1.807) is 13.2 Å². The first-order chi connectivity index (χ1) is 46.9. The van der Waals surface area contributed by atoms with Crippen LogP contribution in [0.1, 0.15) is 321 Å². The molecule has 4 aliphatic rings. The lowest BCUT2D eigenvalue weighted by Gasteiger charge is -2.41. The van der Waals surface area contributed by atoms with Crippen LogP contribution >= 0.6 is 11.6 Å². The van der Waals surface area contributed by atoms with E-state index in [9.17, 15) is 17.6 Å². The second kappa shape index (κ2) is 50.0. The molecule has 3 heterocycles. The van der Waals surface area contributed by atoms with Gasteiger partial charge in [-0.1, -0.05) is 302 Å². The highest BCUT2D eigenvalue weighted by molar-refractivity contribution is 6.31. The third-order valence-corrected chi connectivity index (χ3v) is 19.2. The van der Waals surface area contributed by atoms with Crippen LogP contribution in [0.5, 0.6) is 0 Å². The molecule has 3 aliphatic carbocycles. The van der Waals surface area contributed by atoms with E-state index in [4.69, 9.17) is 16.0 Å². The van der Waals surface area contributed by atoms with Gasteiger partial charge in [-0.15, -0.1) is 0 Å². The summed E-state index contributed by atoms with van der Waals surface area (Å²) in [6, 6.07) is 51.8. The minimum atomic E-state index is -4.23. The largest absolute Gasteiger partial charge is 0.469 e. The van der Waals surface area contributed by atoms with Crippen molar-refractivity contribution in [2.45, 2.75) is 297 Å². The van der Waals surface area contributed by atoms with Gasteiger partial charge >= 0.3 is 6.18 Å². The number of alkyl halides is 4. The number of aryl methyl sites for hydroxylation is 2. The Labute approximate surface area is 616 Å². The number of furan rings is 1. The maximum absolute atomic E-state index is 12.8. The molecular formula is C92H141ClF4N2O. The number of benzene rings is 5. The molecule has 1 aliphatic heterocycles. The molecule has 0 unspecified atom stereocenters. The van der Waals surface area contributed by atoms with E-state index in [-0.39, 0.29) is 5.92 Å². The third kappa shape index (κ3) is 42.2. The average Bonchev–Trinajstić information content (AvgIpc) is 1.03. The first-order valence-electron chi connectivity index (χ1n) is 38.3. The molecule has 4 fully saturated rings. The fourth-order valence-electron chi connectivity index (χ4n) is 11.0. The van der Waals surface area contributed by atoms with Crippen LogP contribution in [-0.2, 0) is 6.18 Å². The zero-order chi connectivity index (χ0) is 75.7. The fraction of sp³-hybridized carbons (Fsp3) is 0.576. The first-order valence-corrected chi connectivity index (χ1v) is 38.7. The van der Waals surface area contributed by atoms with Crippen molar-refractivity contribution in [2.75, 3.05) is 13.1 Å². The first kappa shape index (κ1) is 92.5. The van der Waals surface area contributed by atoms with E-state index in [1.807, 2.05) is 74.6 Å². The van der Waals surface area contributed by atoms with Crippen molar-refractivity contribution in [1.82, 2.24) is 9.88 Å². The minimum Gasteiger partial charge on any atom is -0.469 e. The molecule has 11 rings (SSSR count). The summed E-state index contributed by atoms with van der Waals surface area (Å²) in [5.74, 6) is 10.3. The quantitative estimate of drug-likeness (QED) is 0.121. The number of pyridine rings is 1. The second-order valence-electron chi connectivity index (χ2n) is 31.8. The van der Waals surface area contributed by atoms with E-state index >= 15 is 0 Å². The molecule has 560 valence electrons. The van der Waals surface area contributed by atoms with Gasteiger partial charge in [0.15, 0.2) is 0 Å². The van der Waals surface area contributed by atoms with E-state index in [0.29, 0.717) is 47.3 Å². The summed E-state index contributed by atoms with van der Waals surface area (Å²) in [6.07, 6.45) is 12.6. The van der Waals surface area contributed by atoms with E-state index in [1.165, 1.54) is 110 Å². The number of hydrogen-bond donors (Lipinski definition) is 0. The summed E-state index contributed by atoms with van der Waals surface area (Å²) in [4.78, 5) is 6.74. The topological polar surface area (TPSA) is 29.3 Å². The third-order valence-electron chi connectivity index (χ3n) is 18.8. The molecule has 0 N–H and O–H groups in total. The average molecular weight is 1400 g/mol. The Morgan fingerprint density at radius 3 is 1.17 bits per heavy atom. The zero-order valence-corrected chi connectivity index (χ0v) is 68.2. The molecule has 0 amide bonds. The van der Waals surface area contributed by atoms with E-state index in [2.05, 4.69) is 241 Å². The van der Waals surface area contributed by atoms with Crippen LogP contribution in [0.4, 0.5) is 17.6 Å². The predicted octanol–water partition coefficient (Wildman–Crippen LogP) is 30.1. The molecule has 0 atom stereocenters. The molecule has 2 aromatic heterocycles. The van der Waals surface area contributed by atoms with E-state index in [0.717, 1.165) is 76.7 Å². The second-order valence-corrected chi connectivity index (χ2v) is 32.2. The van der Waals surface area contributed by atoms with Crippen LogP contribution in [0.15, 0.2) is 175 Å². The van der Waals surface area contributed by atoms with Gasteiger partial charge in [-0.3, -0.25) is 4.98 Å². The minimum absolute atomic E-state index is 0.266. The van der Waals surface area contributed by atoms with Crippen LogP contribution in [0.3, 0.4) is 0 Å². The normalized spacial score (nSPS) is 16.2. The number of halogens is 5. The Bertz CT molecular complexity index is 3000. The Morgan fingerprint density at radius 2 is 0.900 bits per heavy atom. The number of aromatic nitrogens is 1. The molecule has 5 aromatic carbocycles. The van der Waals surface area contributed by atoms with Crippen LogP contribution < -0.4 is 0 Å². The summed E-state index contributed by atoms with van der Waals surface area (Å²) in [5.41, 5.74) is 8.86. The Hall–Kier alpha value is -5.50. The van der Waals surface area contributed by atoms with Crippen molar-refractivity contribution in [3.8, 4) is 0 Å². The Kier molecular flexibility index (Phi) is 46.2. The fourth-order valence-corrected chi connectivity index (χ4v) is 11.3. The number of hydrogen-bond acceptors (Lipinski definition) is 3. The van der Waals surface area contributed by atoms with Crippen molar-refractivity contribution < 1.29 is 22.0 Å². The van der Waals surface area contributed by atoms with E-state index < -0.39 is 17.4 Å². The molecule has 3 saturated carbocycles. The van der Waals surface area contributed by atoms with Gasteiger partial charge in [-0.05, 0) is 228 Å². The molecule has 7 aromatic rings. The van der Waals surface area contributed by atoms with Crippen molar-refractivity contribution >= 4 is 11.6 Å². The number of likely N-dealkylation sites (tertiary alicyclic amines) is 1. The van der Waals surface area contributed by atoms with Crippen LogP contribution in [0.2, 0.25) is 5.02 Å². The summed E-state index contributed by atoms with van der Waals surface area (Å²) in [6.45, 7) is 56.7. The van der Waals surface area contributed by atoms with Gasteiger partial charge < -0.3 is 9.32 Å². The van der Waals surface area contributed by atoms with Crippen molar-refractivity contribution in [1.29, 1.82) is 0 Å².